The van der Waals surface area contributed by atoms with Gasteiger partial charge in [-0.3, -0.25) is 10.1 Å². The number of nitro groups is 1. The van der Waals surface area contributed by atoms with Crippen molar-refractivity contribution in [2.24, 2.45) is 0 Å². The molecule has 2 aromatic rings. The summed E-state index contributed by atoms with van der Waals surface area (Å²) < 4.78 is 6.44. The first-order valence-corrected chi connectivity index (χ1v) is 7.60. The highest BCUT2D eigenvalue weighted by Crippen LogP contribution is 2.30. The molecule has 0 heterocycles. The van der Waals surface area contributed by atoms with Gasteiger partial charge in [-0.25, -0.2) is 0 Å². The van der Waals surface area contributed by atoms with Gasteiger partial charge in [0.15, 0.2) is 0 Å². The van der Waals surface area contributed by atoms with Gasteiger partial charge in [-0.05, 0) is 57.9 Å². The highest BCUT2D eigenvalue weighted by molar-refractivity contribution is 9.10. The topological polar surface area (TPSA) is 52.4 Å². The Morgan fingerprint density at radius 3 is 2.76 bits per heavy atom. The molecule has 0 atom stereocenters. The lowest BCUT2D eigenvalue weighted by atomic mass is 10.1. The Bertz CT molecular complexity index is 700. The van der Waals surface area contributed by atoms with Crippen LogP contribution in [0, 0.1) is 10.1 Å². The zero-order valence-corrected chi connectivity index (χ0v) is 12.9. The summed E-state index contributed by atoms with van der Waals surface area (Å²) in [5, 5.41) is 10.8. The summed E-state index contributed by atoms with van der Waals surface area (Å²) in [5.41, 5.74) is 3.95. The molecular weight excluding hydrogens is 334 g/mol. The normalized spacial score (nSPS) is 13.0. The van der Waals surface area contributed by atoms with Gasteiger partial charge in [0.2, 0.25) is 0 Å². The Balaban J connectivity index is 1.75. The fourth-order valence-electron chi connectivity index (χ4n) is 2.59. The monoisotopic (exact) mass is 347 g/mol. The van der Waals surface area contributed by atoms with E-state index < -0.39 is 4.92 Å². The maximum Gasteiger partial charge on any atom is 0.273 e. The van der Waals surface area contributed by atoms with Crippen molar-refractivity contribution in [1.29, 1.82) is 0 Å². The van der Waals surface area contributed by atoms with Crippen molar-refractivity contribution < 1.29 is 9.66 Å². The minimum atomic E-state index is -0.422. The molecule has 2 aromatic carbocycles. The van der Waals surface area contributed by atoms with E-state index >= 15 is 0 Å². The van der Waals surface area contributed by atoms with Gasteiger partial charge in [0.25, 0.3) is 5.69 Å². The minimum Gasteiger partial charge on any atom is -0.487 e. The molecule has 0 bridgehead atoms. The summed E-state index contributed by atoms with van der Waals surface area (Å²) >= 11 is 3.36. The number of ether oxygens (including phenoxy) is 1. The van der Waals surface area contributed by atoms with Gasteiger partial charge >= 0.3 is 0 Å². The summed E-state index contributed by atoms with van der Waals surface area (Å²) in [6.07, 6.45) is 3.51. The third kappa shape index (κ3) is 3.08. The molecule has 0 saturated heterocycles. The third-order valence-corrected chi connectivity index (χ3v) is 4.34. The van der Waals surface area contributed by atoms with Crippen molar-refractivity contribution in [1.82, 2.24) is 0 Å². The zero-order chi connectivity index (χ0) is 14.8. The lowest BCUT2D eigenvalue weighted by Crippen LogP contribution is -1.98. The SMILES string of the molecule is O=[N+]([O-])c1ccc(Br)c(OCc2ccc3c(c2)CCC3)c1. The van der Waals surface area contributed by atoms with Gasteiger partial charge in [0.05, 0.1) is 15.5 Å². The van der Waals surface area contributed by atoms with E-state index in [2.05, 4.69) is 34.1 Å². The Morgan fingerprint density at radius 2 is 1.95 bits per heavy atom. The van der Waals surface area contributed by atoms with Crippen LogP contribution in [0.2, 0.25) is 0 Å². The van der Waals surface area contributed by atoms with Crippen molar-refractivity contribution in [3.05, 3.63) is 67.7 Å². The Hall–Kier alpha value is -1.88. The summed E-state index contributed by atoms with van der Waals surface area (Å²) in [7, 11) is 0. The zero-order valence-electron chi connectivity index (χ0n) is 11.3. The molecule has 3 rings (SSSR count). The second kappa shape index (κ2) is 5.85. The molecule has 0 spiro atoms. The Kier molecular flexibility index (Phi) is 3.92. The van der Waals surface area contributed by atoms with E-state index in [4.69, 9.17) is 4.74 Å². The summed E-state index contributed by atoms with van der Waals surface area (Å²) in [4.78, 5) is 10.4. The first-order chi connectivity index (χ1) is 10.1. The molecule has 0 unspecified atom stereocenters. The fourth-order valence-corrected chi connectivity index (χ4v) is 2.95. The van der Waals surface area contributed by atoms with Crippen molar-refractivity contribution in [2.45, 2.75) is 25.9 Å². The lowest BCUT2D eigenvalue weighted by molar-refractivity contribution is -0.385. The molecule has 0 amide bonds. The number of aryl methyl sites for hydroxylation is 2. The number of non-ortho nitro benzene ring substituents is 1. The van der Waals surface area contributed by atoms with Gasteiger partial charge in [0.1, 0.15) is 12.4 Å². The molecule has 4 nitrogen and oxygen atoms in total. The van der Waals surface area contributed by atoms with E-state index in [9.17, 15) is 10.1 Å². The minimum absolute atomic E-state index is 0.0298. The maximum absolute atomic E-state index is 10.8. The van der Waals surface area contributed by atoms with Crippen LogP contribution < -0.4 is 4.74 Å². The smallest absolute Gasteiger partial charge is 0.273 e. The van der Waals surface area contributed by atoms with E-state index in [-0.39, 0.29) is 5.69 Å². The van der Waals surface area contributed by atoms with E-state index in [0.29, 0.717) is 16.8 Å². The van der Waals surface area contributed by atoms with Gasteiger partial charge in [0, 0.05) is 6.07 Å². The number of hydrogen-bond acceptors (Lipinski definition) is 3. The molecule has 0 saturated carbocycles. The van der Waals surface area contributed by atoms with Crippen molar-refractivity contribution >= 4 is 21.6 Å². The predicted molar refractivity (Wildman–Crippen MR) is 83.6 cm³/mol. The van der Waals surface area contributed by atoms with E-state index in [1.165, 1.54) is 29.7 Å². The molecule has 0 aliphatic heterocycles. The highest BCUT2D eigenvalue weighted by Gasteiger charge is 2.13. The van der Waals surface area contributed by atoms with Crippen LogP contribution in [0.25, 0.3) is 0 Å². The van der Waals surface area contributed by atoms with Gasteiger partial charge in [-0.1, -0.05) is 18.2 Å². The predicted octanol–water partition coefficient (Wildman–Crippen LogP) is 4.43. The van der Waals surface area contributed by atoms with Crippen LogP contribution in [0.5, 0.6) is 5.75 Å². The number of halogens is 1. The van der Waals surface area contributed by atoms with Crippen molar-refractivity contribution in [3.8, 4) is 5.75 Å². The average Bonchev–Trinajstić information content (AvgIpc) is 2.93. The van der Waals surface area contributed by atoms with Gasteiger partial charge in [-0.2, -0.15) is 0 Å². The van der Waals surface area contributed by atoms with E-state index in [1.807, 2.05) is 0 Å². The highest BCUT2D eigenvalue weighted by atomic mass is 79.9. The molecule has 0 N–H and O–H groups in total. The molecule has 1 aliphatic carbocycles. The van der Waals surface area contributed by atoms with Crippen LogP contribution in [0.3, 0.4) is 0 Å². The molecule has 1 aliphatic rings. The van der Waals surface area contributed by atoms with Crippen LogP contribution in [0.1, 0.15) is 23.1 Å². The van der Waals surface area contributed by atoms with E-state index in [1.54, 1.807) is 6.07 Å². The van der Waals surface area contributed by atoms with Gasteiger partial charge < -0.3 is 4.74 Å². The van der Waals surface area contributed by atoms with E-state index in [0.717, 1.165) is 18.4 Å². The molecule has 5 heteroatoms. The molecule has 108 valence electrons. The van der Waals surface area contributed by atoms with Crippen molar-refractivity contribution in [2.75, 3.05) is 0 Å². The van der Waals surface area contributed by atoms with Crippen molar-refractivity contribution in [3.63, 3.8) is 0 Å². The van der Waals surface area contributed by atoms with Crippen LogP contribution in [-0.2, 0) is 19.4 Å². The molecule has 0 aromatic heterocycles. The molecule has 0 radical (unpaired) electrons. The molecule has 21 heavy (non-hydrogen) atoms. The standard InChI is InChI=1S/C16H14BrNO3/c17-15-7-6-14(18(19)20)9-16(15)21-10-11-4-5-12-2-1-3-13(12)8-11/h4-9H,1-3,10H2. The average molecular weight is 348 g/mol. The maximum atomic E-state index is 10.8. The summed E-state index contributed by atoms with van der Waals surface area (Å²) in [6.45, 7) is 0.410. The quantitative estimate of drug-likeness (QED) is 0.607. The third-order valence-electron chi connectivity index (χ3n) is 3.68. The molecular formula is C16H14BrNO3. The number of hydrogen-bond donors (Lipinski definition) is 0. The largest absolute Gasteiger partial charge is 0.487 e. The number of benzene rings is 2. The van der Waals surface area contributed by atoms with Crippen LogP contribution in [0.4, 0.5) is 5.69 Å². The first kappa shape index (κ1) is 14.1. The van der Waals surface area contributed by atoms with Gasteiger partial charge in [-0.15, -0.1) is 0 Å². The number of nitro benzene ring substituents is 1. The summed E-state index contributed by atoms with van der Waals surface area (Å²) in [6, 6.07) is 10.9. The summed E-state index contributed by atoms with van der Waals surface area (Å²) in [5.74, 6) is 0.490. The number of rotatable bonds is 4. The second-order valence-electron chi connectivity index (χ2n) is 5.12. The fraction of sp³-hybridized carbons (Fsp3) is 0.250. The first-order valence-electron chi connectivity index (χ1n) is 6.81. The number of nitrogens with zero attached hydrogens (tertiary/aromatic N) is 1. The molecule has 0 fully saturated rings. The van der Waals surface area contributed by atoms with Crippen LogP contribution in [0.15, 0.2) is 40.9 Å². The lowest BCUT2D eigenvalue weighted by Gasteiger charge is -2.09. The second-order valence-corrected chi connectivity index (χ2v) is 5.97. The number of fused-ring (bicyclic) bond motifs is 1. The van der Waals surface area contributed by atoms with Crippen LogP contribution in [-0.4, -0.2) is 4.92 Å². The Labute approximate surface area is 131 Å². The van der Waals surface area contributed by atoms with Crippen LogP contribution >= 0.6 is 15.9 Å². The Morgan fingerprint density at radius 1 is 1.14 bits per heavy atom.